The molecule has 3 nitrogen and oxygen atoms in total. The van der Waals surface area contributed by atoms with Gasteiger partial charge < -0.3 is 10.1 Å². The normalized spacial score (nSPS) is 17.3. The van der Waals surface area contributed by atoms with Crippen LogP contribution in [0.2, 0.25) is 0 Å². The van der Waals surface area contributed by atoms with Crippen molar-refractivity contribution in [3.8, 4) is 5.75 Å². The van der Waals surface area contributed by atoms with E-state index in [-0.39, 0.29) is 0 Å². The predicted octanol–water partition coefficient (Wildman–Crippen LogP) is 4.10. The summed E-state index contributed by atoms with van der Waals surface area (Å²) in [5, 5.41) is 3.69. The van der Waals surface area contributed by atoms with Crippen molar-refractivity contribution in [3.05, 3.63) is 24.0 Å². The molecule has 1 fully saturated rings. The topological polar surface area (TPSA) is 34.2 Å². The molecule has 1 aromatic heterocycles. The Kier molecular flexibility index (Phi) is 6.31. The van der Waals surface area contributed by atoms with Crippen LogP contribution in [0.15, 0.2) is 18.5 Å². The lowest BCUT2D eigenvalue weighted by Crippen LogP contribution is -2.24. The van der Waals surface area contributed by atoms with Gasteiger partial charge in [-0.3, -0.25) is 4.98 Å². The molecule has 1 atom stereocenters. The zero-order valence-corrected chi connectivity index (χ0v) is 12.9. The molecule has 3 heteroatoms. The number of nitrogens with one attached hydrogen (secondary N) is 1. The Labute approximate surface area is 123 Å². The Morgan fingerprint density at radius 3 is 2.80 bits per heavy atom. The van der Waals surface area contributed by atoms with E-state index in [1.807, 2.05) is 13.1 Å². The van der Waals surface area contributed by atoms with Crippen LogP contribution in [0.4, 0.5) is 0 Å². The van der Waals surface area contributed by atoms with Gasteiger partial charge in [-0.25, -0.2) is 0 Å². The van der Waals surface area contributed by atoms with Crippen LogP contribution in [0.5, 0.6) is 5.75 Å². The van der Waals surface area contributed by atoms with Crippen molar-refractivity contribution in [2.45, 2.75) is 58.4 Å². The van der Waals surface area contributed by atoms with E-state index in [0.717, 1.165) is 18.2 Å². The first-order valence-corrected chi connectivity index (χ1v) is 8.14. The third-order valence-corrected chi connectivity index (χ3v) is 4.13. The molecule has 20 heavy (non-hydrogen) atoms. The molecule has 1 N–H and O–H groups in total. The molecule has 112 valence electrons. The lowest BCUT2D eigenvalue weighted by atomic mass is 9.94. The van der Waals surface area contributed by atoms with Crippen molar-refractivity contribution in [2.24, 2.45) is 5.92 Å². The Balaban J connectivity index is 2.05. The molecule has 0 amide bonds. The van der Waals surface area contributed by atoms with Gasteiger partial charge in [-0.05, 0) is 43.9 Å². The number of ether oxygens (including phenoxy) is 1. The molecule has 1 heterocycles. The molecule has 1 saturated carbocycles. The second kappa shape index (κ2) is 8.25. The van der Waals surface area contributed by atoms with Gasteiger partial charge in [-0.15, -0.1) is 0 Å². The number of pyridine rings is 1. The summed E-state index contributed by atoms with van der Waals surface area (Å²) in [7, 11) is 0. The highest BCUT2D eigenvalue weighted by Gasteiger charge is 2.21. The van der Waals surface area contributed by atoms with Crippen LogP contribution >= 0.6 is 0 Å². The van der Waals surface area contributed by atoms with Crippen LogP contribution in [0.3, 0.4) is 0 Å². The first-order chi connectivity index (χ1) is 9.83. The largest absolute Gasteiger partial charge is 0.492 e. The number of hydrogen-bond donors (Lipinski definition) is 1. The van der Waals surface area contributed by atoms with E-state index < -0.39 is 0 Å². The smallest absolute Gasteiger partial charge is 0.137 e. The molecule has 0 aromatic carbocycles. The summed E-state index contributed by atoms with van der Waals surface area (Å²) in [4.78, 5) is 4.34. The third-order valence-electron chi connectivity index (χ3n) is 4.13. The van der Waals surface area contributed by atoms with Crippen LogP contribution in [0.25, 0.3) is 0 Å². The molecule has 0 aliphatic heterocycles. The van der Waals surface area contributed by atoms with Gasteiger partial charge in [0, 0.05) is 12.2 Å². The highest BCUT2D eigenvalue weighted by atomic mass is 16.5. The minimum Gasteiger partial charge on any atom is -0.492 e. The van der Waals surface area contributed by atoms with Gasteiger partial charge in [0.1, 0.15) is 5.75 Å². The summed E-state index contributed by atoms with van der Waals surface area (Å²) in [6.07, 6.45) is 11.8. The third kappa shape index (κ3) is 4.48. The molecule has 0 bridgehead atoms. The van der Waals surface area contributed by atoms with Gasteiger partial charge in [0.2, 0.25) is 0 Å². The molecule has 0 saturated heterocycles. The Bertz CT molecular complexity index is 388. The molecular weight excluding hydrogens is 248 g/mol. The molecule has 1 aromatic rings. The number of nitrogens with zero attached hydrogens (tertiary/aromatic N) is 1. The second-order valence-electron chi connectivity index (χ2n) is 5.78. The standard InChI is InChI=1S/C17H28N2O/c1-3-9-19-17(10-14-7-5-6-8-14)15-11-16(20-4-2)13-18-12-15/h11-14,17,19H,3-10H2,1-2H3. The highest BCUT2D eigenvalue weighted by Crippen LogP contribution is 2.33. The lowest BCUT2D eigenvalue weighted by molar-refractivity contribution is 0.336. The maximum absolute atomic E-state index is 5.58. The highest BCUT2D eigenvalue weighted by molar-refractivity contribution is 5.26. The minimum absolute atomic E-state index is 0.422. The zero-order chi connectivity index (χ0) is 14.2. The van der Waals surface area contributed by atoms with Gasteiger partial charge in [0.05, 0.1) is 12.8 Å². The average molecular weight is 276 g/mol. The Morgan fingerprint density at radius 2 is 2.10 bits per heavy atom. The van der Waals surface area contributed by atoms with Crippen LogP contribution in [-0.2, 0) is 0 Å². The molecule has 0 spiro atoms. The van der Waals surface area contributed by atoms with Crippen molar-refractivity contribution in [2.75, 3.05) is 13.2 Å². The van der Waals surface area contributed by atoms with Crippen LogP contribution < -0.4 is 10.1 Å². The Hall–Kier alpha value is -1.09. The van der Waals surface area contributed by atoms with Gasteiger partial charge >= 0.3 is 0 Å². The molecule has 2 rings (SSSR count). The summed E-state index contributed by atoms with van der Waals surface area (Å²) < 4.78 is 5.58. The molecular formula is C17H28N2O. The van der Waals surface area contributed by atoms with Crippen molar-refractivity contribution >= 4 is 0 Å². The summed E-state index contributed by atoms with van der Waals surface area (Å²) in [6, 6.07) is 2.57. The minimum atomic E-state index is 0.422. The fraction of sp³-hybridized carbons (Fsp3) is 0.706. The maximum Gasteiger partial charge on any atom is 0.137 e. The fourth-order valence-corrected chi connectivity index (χ4v) is 3.11. The first-order valence-electron chi connectivity index (χ1n) is 8.14. The van der Waals surface area contributed by atoms with E-state index >= 15 is 0 Å². The van der Waals surface area contributed by atoms with Gasteiger partial charge in [-0.1, -0.05) is 32.6 Å². The van der Waals surface area contributed by atoms with Crippen molar-refractivity contribution < 1.29 is 4.74 Å². The monoisotopic (exact) mass is 276 g/mol. The molecule has 1 aliphatic rings. The van der Waals surface area contributed by atoms with E-state index in [2.05, 4.69) is 23.3 Å². The molecule has 1 aliphatic carbocycles. The van der Waals surface area contributed by atoms with Crippen LogP contribution in [0.1, 0.15) is 64.0 Å². The van der Waals surface area contributed by atoms with Crippen molar-refractivity contribution in [1.29, 1.82) is 0 Å². The number of rotatable bonds is 8. The fourth-order valence-electron chi connectivity index (χ4n) is 3.11. The van der Waals surface area contributed by atoms with E-state index in [4.69, 9.17) is 4.74 Å². The first kappa shape index (κ1) is 15.3. The lowest BCUT2D eigenvalue weighted by Gasteiger charge is -2.22. The summed E-state index contributed by atoms with van der Waals surface area (Å²) in [6.45, 7) is 5.99. The molecule has 0 radical (unpaired) electrons. The van der Waals surface area contributed by atoms with E-state index in [1.54, 1.807) is 6.20 Å². The van der Waals surface area contributed by atoms with Gasteiger partial charge in [0.25, 0.3) is 0 Å². The zero-order valence-electron chi connectivity index (χ0n) is 12.9. The number of hydrogen-bond acceptors (Lipinski definition) is 3. The van der Waals surface area contributed by atoms with E-state index in [1.165, 1.54) is 44.1 Å². The van der Waals surface area contributed by atoms with Crippen LogP contribution in [0, 0.1) is 5.92 Å². The van der Waals surface area contributed by atoms with Crippen molar-refractivity contribution in [3.63, 3.8) is 0 Å². The van der Waals surface area contributed by atoms with Crippen molar-refractivity contribution in [1.82, 2.24) is 10.3 Å². The number of aromatic nitrogens is 1. The maximum atomic E-state index is 5.58. The predicted molar refractivity (Wildman–Crippen MR) is 83.0 cm³/mol. The SMILES string of the molecule is CCCNC(CC1CCCC1)c1cncc(OCC)c1. The van der Waals surface area contributed by atoms with Gasteiger partial charge in [0.15, 0.2) is 0 Å². The summed E-state index contributed by atoms with van der Waals surface area (Å²) in [5.74, 6) is 1.76. The summed E-state index contributed by atoms with van der Waals surface area (Å²) in [5.41, 5.74) is 1.27. The second-order valence-corrected chi connectivity index (χ2v) is 5.78. The Morgan fingerprint density at radius 1 is 1.30 bits per heavy atom. The molecule has 1 unspecified atom stereocenters. The quantitative estimate of drug-likeness (QED) is 0.776. The van der Waals surface area contributed by atoms with Crippen LogP contribution in [-0.4, -0.2) is 18.1 Å². The van der Waals surface area contributed by atoms with Gasteiger partial charge in [-0.2, -0.15) is 0 Å². The average Bonchev–Trinajstić information content (AvgIpc) is 2.97. The van der Waals surface area contributed by atoms with E-state index in [9.17, 15) is 0 Å². The van der Waals surface area contributed by atoms with E-state index in [0.29, 0.717) is 12.6 Å². The summed E-state index contributed by atoms with van der Waals surface area (Å²) >= 11 is 0.